The molecular formula is C12H15ClN6O3S. The molecule has 0 aromatic carbocycles. The van der Waals surface area contributed by atoms with Crippen LogP contribution in [0, 0.1) is 0 Å². The van der Waals surface area contributed by atoms with E-state index in [1.807, 2.05) is 0 Å². The molecule has 1 aliphatic heterocycles. The smallest absolute Gasteiger partial charge is 0.259 e. The highest BCUT2D eigenvalue weighted by Gasteiger charge is 2.56. The van der Waals surface area contributed by atoms with Gasteiger partial charge in [-0.1, -0.05) is 0 Å². The fourth-order valence-electron chi connectivity index (χ4n) is 2.64. The number of anilines is 1. The number of imidazole rings is 1. The van der Waals surface area contributed by atoms with Crippen LogP contribution in [0.15, 0.2) is 6.33 Å². The molecule has 1 fully saturated rings. The average Bonchev–Trinajstić information content (AvgIpc) is 3.09. The van der Waals surface area contributed by atoms with Crippen molar-refractivity contribution in [3.8, 4) is 0 Å². The minimum absolute atomic E-state index is 0.0197. The van der Waals surface area contributed by atoms with Crippen molar-refractivity contribution in [3.05, 3.63) is 11.6 Å². The predicted molar refractivity (Wildman–Crippen MR) is 86.4 cm³/mol. The molecule has 1 saturated heterocycles. The maximum atomic E-state index is 12.5. The molecule has 2 aromatic rings. The minimum atomic E-state index is -1.48. The van der Waals surface area contributed by atoms with Gasteiger partial charge >= 0.3 is 0 Å². The van der Waals surface area contributed by atoms with Gasteiger partial charge in [-0.3, -0.25) is 9.36 Å². The van der Waals surface area contributed by atoms with Crippen molar-refractivity contribution in [2.45, 2.75) is 17.1 Å². The zero-order valence-corrected chi connectivity index (χ0v) is 13.9. The van der Waals surface area contributed by atoms with Gasteiger partial charge in [0.1, 0.15) is 6.10 Å². The van der Waals surface area contributed by atoms with E-state index in [0.717, 1.165) is 11.8 Å². The Hall–Kier alpha value is -1.62. The Labute approximate surface area is 140 Å². The molecule has 2 aromatic heterocycles. The first kappa shape index (κ1) is 16.2. The van der Waals surface area contributed by atoms with Crippen LogP contribution in [0.1, 0.15) is 0 Å². The maximum absolute atomic E-state index is 12.5. The monoisotopic (exact) mass is 358 g/mol. The van der Waals surface area contributed by atoms with E-state index >= 15 is 0 Å². The lowest BCUT2D eigenvalue weighted by atomic mass is 10.1. The van der Waals surface area contributed by atoms with E-state index in [1.165, 1.54) is 17.9 Å². The average molecular weight is 359 g/mol. The lowest BCUT2D eigenvalue weighted by Gasteiger charge is -2.31. The fourth-order valence-corrected chi connectivity index (χ4v) is 4.25. The van der Waals surface area contributed by atoms with E-state index in [-0.39, 0.29) is 11.0 Å². The van der Waals surface area contributed by atoms with E-state index in [9.17, 15) is 15.0 Å². The van der Waals surface area contributed by atoms with Gasteiger partial charge in [0, 0.05) is 19.8 Å². The van der Waals surface area contributed by atoms with Crippen LogP contribution in [0.25, 0.3) is 11.2 Å². The second-order valence-corrected chi connectivity index (χ2v) is 6.56. The summed E-state index contributed by atoms with van der Waals surface area (Å²) in [7, 11) is 3.12. The number of carbonyl (C=O) groups is 1. The summed E-state index contributed by atoms with van der Waals surface area (Å²) >= 11 is 7.06. The van der Waals surface area contributed by atoms with E-state index in [4.69, 9.17) is 11.6 Å². The number of aromatic nitrogens is 4. The van der Waals surface area contributed by atoms with Crippen molar-refractivity contribution in [1.29, 1.82) is 0 Å². The first-order valence-corrected chi connectivity index (χ1v) is 8.13. The number of hydrogen-bond acceptors (Lipinski definition) is 8. The molecule has 0 spiro atoms. The molecule has 9 nitrogen and oxygen atoms in total. The van der Waals surface area contributed by atoms with Gasteiger partial charge in [-0.15, -0.1) is 11.8 Å². The Bertz CT molecular complexity index is 771. The second-order valence-electron chi connectivity index (χ2n) is 4.98. The van der Waals surface area contributed by atoms with Crippen molar-refractivity contribution >= 4 is 46.3 Å². The zero-order valence-electron chi connectivity index (χ0n) is 12.3. The number of likely N-dealkylation sites (N-methyl/N-ethyl adjacent to an activating group) is 1. The normalized spacial score (nSPS) is 27.3. The third kappa shape index (κ3) is 2.24. The van der Waals surface area contributed by atoms with Crippen LogP contribution < -0.4 is 10.6 Å². The van der Waals surface area contributed by atoms with E-state index in [2.05, 4.69) is 25.6 Å². The standard InChI is InChI=1S/C12H15ClN6O3S/c1-14-8-6-9(18-11(13)17-8)19(4-16-6)12(10(22)15-2)7(21)5(20)3-23-12/h4-5,7,20-21H,3H2,1-2H3,(H,15,22)(H,14,17,18). The largest absolute Gasteiger partial charge is 0.389 e. The molecule has 3 atom stereocenters. The van der Waals surface area contributed by atoms with Gasteiger partial charge in [-0.25, -0.2) is 4.98 Å². The topological polar surface area (TPSA) is 125 Å². The lowest BCUT2D eigenvalue weighted by Crippen LogP contribution is -2.53. The van der Waals surface area contributed by atoms with Gasteiger partial charge in [0.15, 0.2) is 17.0 Å². The molecule has 0 radical (unpaired) electrons. The lowest BCUT2D eigenvalue weighted by molar-refractivity contribution is -0.131. The third-order valence-corrected chi connectivity index (χ3v) is 5.50. The van der Waals surface area contributed by atoms with Crippen LogP contribution in [0.5, 0.6) is 0 Å². The number of aliphatic hydroxyl groups excluding tert-OH is 2. The molecule has 11 heteroatoms. The minimum Gasteiger partial charge on any atom is -0.389 e. The first-order valence-electron chi connectivity index (χ1n) is 6.76. The van der Waals surface area contributed by atoms with Gasteiger partial charge in [0.05, 0.1) is 12.4 Å². The van der Waals surface area contributed by atoms with E-state index < -0.39 is 23.0 Å². The molecular weight excluding hydrogens is 344 g/mol. The fraction of sp³-hybridized carbons (Fsp3) is 0.500. The Morgan fingerprint density at radius 1 is 1.48 bits per heavy atom. The summed E-state index contributed by atoms with van der Waals surface area (Å²) in [4.78, 5) is 23.4. The molecule has 0 bridgehead atoms. The highest BCUT2D eigenvalue weighted by Crippen LogP contribution is 2.44. The summed E-state index contributed by atoms with van der Waals surface area (Å²) in [5.74, 6) is 0.141. The molecule has 23 heavy (non-hydrogen) atoms. The number of thioether (sulfide) groups is 1. The van der Waals surface area contributed by atoms with Gasteiger partial charge in [0.2, 0.25) is 10.2 Å². The van der Waals surface area contributed by atoms with Crippen molar-refractivity contribution in [3.63, 3.8) is 0 Å². The number of hydrogen-bond donors (Lipinski definition) is 4. The van der Waals surface area contributed by atoms with Crippen LogP contribution in [0.4, 0.5) is 5.82 Å². The summed E-state index contributed by atoms with van der Waals surface area (Å²) < 4.78 is 1.43. The number of rotatable bonds is 3. The first-order chi connectivity index (χ1) is 11.0. The summed E-state index contributed by atoms with van der Waals surface area (Å²) in [5, 5.41) is 25.8. The van der Waals surface area contributed by atoms with Gasteiger partial charge in [-0.05, 0) is 11.6 Å². The Morgan fingerprint density at radius 3 is 2.78 bits per heavy atom. The zero-order chi connectivity index (χ0) is 16.8. The summed E-state index contributed by atoms with van der Waals surface area (Å²) in [6, 6.07) is 0. The molecule has 3 heterocycles. The van der Waals surface area contributed by atoms with Gasteiger partial charge < -0.3 is 20.8 Å². The predicted octanol–water partition coefficient (Wildman–Crippen LogP) is -0.611. The third-order valence-electron chi connectivity index (χ3n) is 3.76. The Morgan fingerprint density at radius 2 is 2.22 bits per heavy atom. The highest BCUT2D eigenvalue weighted by molar-refractivity contribution is 8.01. The summed E-state index contributed by atoms with van der Waals surface area (Å²) in [5.41, 5.74) is 0.702. The molecule has 0 saturated carbocycles. The number of halogens is 1. The van der Waals surface area contributed by atoms with Crippen LogP contribution in [-0.2, 0) is 9.67 Å². The van der Waals surface area contributed by atoms with Crippen LogP contribution in [0.3, 0.4) is 0 Å². The molecule has 0 aliphatic carbocycles. The number of carbonyl (C=O) groups excluding carboxylic acids is 1. The molecule has 124 valence electrons. The summed E-state index contributed by atoms with van der Waals surface area (Å²) in [6.07, 6.45) is -0.979. The molecule has 3 unspecified atom stereocenters. The number of fused-ring (bicyclic) bond motifs is 1. The van der Waals surface area contributed by atoms with Crippen molar-refractivity contribution in [2.75, 3.05) is 25.2 Å². The SMILES string of the molecule is CNC(=O)C1(n2cnc3c(NC)nc(Cl)nc32)SCC(O)C1O. The van der Waals surface area contributed by atoms with Gasteiger partial charge in [-0.2, -0.15) is 9.97 Å². The van der Waals surface area contributed by atoms with Crippen LogP contribution >= 0.6 is 23.4 Å². The van der Waals surface area contributed by atoms with E-state index in [1.54, 1.807) is 7.05 Å². The van der Waals surface area contributed by atoms with E-state index in [0.29, 0.717) is 17.0 Å². The highest BCUT2D eigenvalue weighted by atomic mass is 35.5. The quantitative estimate of drug-likeness (QED) is 0.535. The molecule has 3 rings (SSSR count). The number of amides is 1. The number of nitrogens with one attached hydrogen (secondary N) is 2. The summed E-state index contributed by atoms with van der Waals surface area (Å²) in [6.45, 7) is 0. The van der Waals surface area contributed by atoms with Crippen LogP contribution in [-0.4, -0.2) is 67.7 Å². The van der Waals surface area contributed by atoms with Crippen molar-refractivity contribution in [2.24, 2.45) is 0 Å². The van der Waals surface area contributed by atoms with Gasteiger partial charge in [0.25, 0.3) is 5.91 Å². The second kappa shape index (κ2) is 5.78. The Kier molecular flexibility index (Phi) is 4.08. The van der Waals surface area contributed by atoms with Crippen molar-refractivity contribution in [1.82, 2.24) is 24.8 Å². The maximum Gasteiger partial charge on any atom is 0.259 e. The van der Waals surface area contributed by atoms with Crippen molar-refractivity contribution < 1.29 is 15.0 Å². The Balaban J connectivity index is 2.28. The number of aliphatic hydroxyl groups is 2. The number of nitrogens with zero attached hydrogens (tertiary/aromatic N) is 4. The molecule has 4 N–H and O–H groups in total. The van der Waals surface area contributed by atoms with Crippen LogP contribution in [0.2, 0.25) is 5.28 Å². The molecule has 1 aliphatic rings. The molecule has 1 amide bonds.